The van der Waals surface area contributed by atoms with Gasteiger partial charge in [0, 0.05) is 12.6 Å². The number of carbonyl (C=O) groups is 1. The fraction of sp³-hybridized carbons (Fsp3) is 0.528. The van der Waals surface area contributed by atoms with Gasteiger partial charge in [0.2, 0.25) is 0 Å². The summed E-state index contributed by atoms with van der Waals surface area (Å²) in [5.74, 6) is -0.899. The zero-order valence-corrected chi connectivity index (χ0v) is 28.9. The van der Waals surface area contributed by atoms with Crippen molar-refractivity contribution in [3.05, 3.63) is 71.9 Å². The number of hydrogen-bond donors (Lipinski definition) is 2. The number of aliphatic carboxylic acids is 1. The monoisotopic (exact) mass is 701 g/mol. The maximum atomic E-state index is 13.1. The molecule has 13 heteroatoms. The molecule has 1 aromatic heterocycles. The largest absolute Gasteiger partial charge is 0.480 e. The van der Waals surface area contributed by atoms with Gasteiger partial charge in [0.1, 0.15) is 17.4 Å². The van der Waals surface area contributed by atoms with Crippen LogP contribution in [0.5, 0.6) is 0 Å². The Labute approximate surface area is 287 Å². The van der Waals surface area contributed by atoms with Gasteiger partial charge in [0.15, 0.2) is 9.84 Å². The van der Waals surface area contributed by atoms with E-state index >= 15 is 0 Å². The number of nitriles is 1. The summed E-state index contributed by atoms with van der Waals surface area (Å²) in [5, 5.41) is 25.4. The van der Waals surface area contributed by atoms with Gasteiger partial charge in [-0.3, -0.25) is 5.32 Å². The Morgan fingerprint density at radius 3 is 2.18 bits per heavy atom. The molecule has 2 fully saturated rings. The highest BCUT2D eigenvalue weighted by atomic mass is 32.2. The highest BCUT2D eigenvalue weighted by Gasteiger charge is 2.45. The number of aryl methyl sites for hydroxylation is 1. The minimum absolute atomic E-state index is 0.0973. The molecular weight excluding hydrogens is 655 g/mol. The van der Waals surface area contributed by atoms with E-state index in [1.165, 1.54) is 85.2 Å². The van der Waals surface area contributed by atoms with E-state index in [1.807, 2.05) is 0 Å². The van der Waals surface area contributed by atoms with Gasteiger partial charge in [0.25, 0.3) is 0 Å². The second-order valence-corrected chi connectivity index (χ2v) is 15.1. The highest BCUT2D eigenvalue weighted by Crippen LogP contribution is 2.35. The van der Waals surface area contributed by atoms with E-state index in [2.05, 4.69) is 23.4 Å². The molecule has 5 rings (SSSR count). The first-order valence-electron chi connectivity index (χ1n) is 17.0. The fourth-order valence-corrected chi connectivity index (χ4v) is 7.74. The van der Waals surface area contributed by atoms with Gasteiger partial charge in [0.05, 0.1) is 33.2 Å². The Morgan fingerprint density at radius 1 is 1.02 bits per heavy atom. The van der Waals surface area contributed by atoms with Crippen LogP contribution in [0.2, 0.25) is 0 Å². The number of aromatic nitrogens is 2. The van der Waals surface area contributed by atoms with Gasteiger partial charge in [-0.05, 0) is 75.5 Å². The van der Waals surface area contributed by atoms with Crippen molar-refractivity contribution >= 4 is 21.6 Å². The van der Waals surface area contributed by atoms with Crippen LogP contribution in [0, 0.1) is 18.3 Å². The third-order valence-electron chi connectivity index (χ3n) is 9.06. The van der Waals surface area contributed by atoms with E-state index in [1.54, 1.807) is 31.2 Å². The van der Waals surface area contributed by atoms with Crippen LogP contribution in [-0.4, -0.2) is 59.2 Å². The number of halogens is 3. The van der Waals surface area contributed by atoms with Crippen molar-refractivity contribution in [3.8, 4) is 11.8 Å². The van der Waals surface area contributed by atoms with Crippen molar-refractivity contribution in [2.75, 3.05) is 18.0 Å². The van der Waals surface area contributed by atoms with Crippen molar-refractivity contribution in [2.45, 2.75) is 112 Å². The number of sulfone groups is 1. The number of carboxylic acids is 1. The molecule has 0 spiro atoms. The van der Waals surface area contributed by atoms with Gasteiger partial charge >= 0.3 is 12.1 Å². The quantitative estimate of drug-likeness (QED) is 0.156. The Morgan fingerprint density at radius 2 is 1.63 bits per heavy atom. The molecule has 1 aliphatic carbocycles. The lowest BCUT2D eigenvalue weighted by Gasteiger charge is -2.24. The summed E-state index contributed by atoms with van der Waals surface area (Å²) in [5.41, 5.74) is -0.135. The molecule has 2 aromatic carbocycles. The smallest absolute Gasteiger partial charge is 0.416 e. The molecule has 2 heterocycles. The molecule has 0 radical (unpaired) electrons. The topological polar surface area (TPSA) is 128 Å². The number of nitrogens with zero attached hydrogens (tertiary/aromatic N) is 4. The summed E-state index contributed by atoms with van der Waals surface area (Å²) < 4.78 is 66.4. The van der Waals surface area contributed by atoms with Crippen LogP contribution >= 0.6 is 0 Å². The van der Waals surface area contributed by atoms with Gasteiger partial charge in [-0.15, -0.1) is 0 Å². The third kappa shape index (κ3) is 10.1. The lowest BCUT2D eigenvalue weighted by atomic mass is 10.1. The standard InChI is InChI=1S/C22H20F3N3O4S.C14H26N2/c1-14-11-20(28(26-14)16-9-7-15(8-10-16)22(23,24)25)27-13-18(12-19(27)21(29)30)33(31,32)17-5-3-2-4-6-17;1-2-3-4-5-6-7-8-9-12-16-14(13-15)10-11-14/h2-11,18-19H,12-13H2,1H3,(H,29,30);16H,2-12H2,1H3/t18-,19+;/m1./s1. The van der Waals surface area contributed by atoms with Crippen molar-refractivity contribution in [2.24, 2.45) is 0 Å². The molecule has 266 valence electrons. The van der Waals surface area contributed by atoms with E-state index in [9.17, 15) is 31.5 Å². The predicted octanol–water partition coefficient (Wildman–Crippen LogP) is 7.48. The first-order chi connectivity index (χ1) is 23.3. The number of rotatable bonds is 15. The lowest BCUT2D eigenvalue weighted by molar-refractivity contribution is -0.138. The van der Waals surface area contributed by atoms with Crippen LogP contribution in [0.3, 0.4) is 0 Å². The Kier molecular flexibility index (Phi) is 12.9. The van der Waals surface area contributed by atoms with E-state index in [0.717, 1.165) is 31.5 Å². The van der Waals surface area contributed by atoms with Crippen LogP contribution in [0.15, 0.2) is 65.6 Å². The zero-order chi connectivity index (χ0) is 35.7. The summed E-state index contributed by atoms with van der Waals surface area (Å²) >= 11 is 0. The highest BCUT2D eigenvalue weighted by molar-refractivity contribution is 7.92. The number of hydrogen-bond acceptors (Lipinski definition) is 7. The van der Waals surface area contributed by atoms with E-state index in [4.69, 9.17) is 5.26 Å². The third-order valence-corrected chi connectivity index (χ3v) is 11.2. The number of anilines is 1. The molecule has 3 aromatic rings. The molecule has 1 aliphatic heterocycles. The zero-order valence-electron chi connectivity index (χ0n) is 28.1. The summed E-state index contributed by atoms with van der Waals surface area (Å²) in [7, 11) is -3.80. The van der Waals surface area contributed by atoms with Gasteiger partial charge in [-0.2, -0.15) is 23.5 Å². The number of carboxylic acid groups (broad SMARTS) is 1. The number of alkyl halides is 3. The summed E-state index contributed by atoms with van der Waals surface area (Å²) in [4.78, 5) is 13.6. The molecule has 0 unspecified atom stereocenters. The molecule has 2 aliphatic rings. The second kappa shape index (κ2) is 16.7. The first-order valence-corrected chi connectivity index (χ1v) is 18.5. The molecular formula is C36H46F3N5O4S. The molecule has 1 saturated carbocycles. The number of benzene rings is 2. The predicted molar refractivity (Wildman–Crippen MR) is 182 cm³/mol. The Bertz CT molecular complexity index is 1670. The van der Waals surface area contributed by atoms with Gasteiger partial charge < -0.3 is 10.0 Å². The lowest BCUT2D eigenvalue weighted by Crippen LogP contribution is -2.37. The van der Waals surface area contributed by atoms with Crippen LogP contribution in [0.4, 0.5) is 19.0 Å². The van der Waals surface area contributed by atoms with E-state index in [0.29, 0.717) is 17.2 Å². The SMILES string of the molecule is CCCCCCCCCCNC1(C#N)CC1.Cc1cc(N2C[C@H](S(=O)(=O)c3ccccc3)C[C@H]2C(=O)O)n(-c2ccc(C(F)(F)F)cc2)n1. The Hall–Kier alpha value is -3.89. The summed E-state index contributed by atoms with van der Waals surface area (Å²) in [6.45, 7) is 4.85. The fourth-order valence-electron chi connectivity index (χ4n) is 6.02. The summed E-state index contributed by atoms with van der Waals surface area (Å²) in [6.07, 6.45) is 8.34. The van der Waals surface area contributed by atoms with Crippen LogP contribution in [0.1, 0.15) is 88.8 Å². The Balaban J connectivity index is 0.000000284. The molecule has 49 heavy (non-hydrogen) atoms. The maximum Gasteiger partial charge on any atom is 0.416 e. The van der Waals surface area contributed by atoms with Crippen LogP contribution in [-0.2, 0) is 20.8 Å². The molecule has 2 atom stereocenters. The maximum absolute atomic E-state index is 13.1. The van der Waals surface area contributed by atoms with E-state index in [-0.39, 0.29) is 23.4 Å². The summed E-state index contributed by atoms with van der Waals surface area (Å²) in [6, 6.07) is 14.9. The second-order valence-electron chi connectivity index (χ2n) is 12.9. The molecule has 2 N–H and O–H groups in total. The number of unbranched alkanes of at least 4 members (excludes halogenated alkanes) is 7. The van der Waals surface area contributed by atoms with Crippen LogP contribution < -0.4 is 10.2 Å². The van der Waals surface area contributed by atoms with Gasteiger partial charge in [-0.1, -0.05) is 70.1 Å². The van der Waals surface area contributed by atoms with Crippen molar-refractivity contribution < 1.29 is 31.5 Å². The van der Waals surface area contributed by atoms with Crippen molar-refractivity contribution in [3.63, 3.8) is 0 Å². The first kappa shape index (κ1) is 37.9. The van der Waals surface area contributed by atoms with Crippen molar-refractivity contribution in [1.82, 2.24) is 15.1 Å². The molecule has 0 amide bonds. The molecule has 1 saturated heterocycles. The van der Waals surface area contributed by atoms with Crippen molar-refractivity contribution in [1.29, 1.82) is 5.26 Å². The normalized spacial score (nSPS) is 18.4. The number of nitrogens with one attached hydrogen (secondary N) is 1. The van der Waals surface area contributed by atoms with E-state index < -0.39 is 38.8 Å². The minimum atomic E-state index is -4.50. The van der Waals surface area contributed by atoms with Crippen LogP contribution in [0.25, 0.3) is 5.69 Å². The molecule has 9 nitrogen and oxygen atoms in total. The average Bonchev–Trinajstić information content (AvgIpc) is 3.53. The molecule has 0 bridgehead atoms. The minimum Gasteiger partial charge on any atom is -0.480 e. The average molecular weight is 702 g/mol. The van der Waals surface area contributed by atoms with Gasteiger partial charge in [-0.25, -0.2) is 17.9 Å².